The molecule has 98 valence electrons. The molecule has 6 heteroatoms. The molecule has 0 bridgehead atoms. The van der Waals surface area contributed by atoms with Crippen LogP contribution in [0.2, 0.25) is 0 Å². The molecule has 4 N–H and O–H groups in total. The predicted octanol–water partition coefficient (Wildman–Crippen LogP) is 1.35. The molecule has 1 saturated heterocycles. The molecule has 18 heavy (non-hydrogen) atoms. The molecule has 0 aliphatic carbocycles. The lowest BCUT2D eigenvalue weighted by Crippen LogP contribution is -2.36. The highest BCUT2D eigenvalue weighted by atomic mass is 16.6. The number of hydrogen-bond donors (Lipinski definition) is 2. The standard InChI is InChI=1S/C12H18N4O2/c13-8-9-3-5-15(6-4-9)10-1-2-12(16(17)18)11(14)7-10/h1-2,7,9H,3-6,8,13-14H2. The molecule has 1 aliphatic heterocycles. The maximum atomic E-state index is 10.7. The number of benzene rings is 1. The van der Waals surface area contributed by atoms with Gasteiger partial charge in [0.15, 0.2) is 0 Å². The number of nitrogens with two attached hydrogens (primary N) is 2. The minimum Gasteiger partial charge on any atom is -0.393 e. The van der Waals surface area contributed by atoms with Gasteiger partial charge in [0.25, 0.3) is 5.69 Å². The Balaban J connectivity index is 2.11. The summed E-state index contributed by atoms with van der Waals surface area (Å²) in [6.45, 7) is 2.59. The van der Waals surface area contributed by atoms with E-state index >= 15 is 0 Å². The summed E-state index contributed by atoms with van der Waals surface area (Å²) in [5.74, 6) is 0.594. The van der Waals surface area contributed by atoms with Crippen LogP contribution in [0.5, 0.6) is 0 Å². The van der Waals surface area contributed by atoms with Crippen LogP contribution in [0.3, 0.4) is 0 Å². The molecule has 0 unspecified atom stereocenters. The summed E-state index contributed by atoms with van der Waals surface area (Å²) in [7, 11) is 0. The molecule has 1 heterocycles. The first kappa shape index (κ1) is 12.6. The number of piperidine rings is 1. The third-order valence-electron chi connectivity index (χ3n) is 3.52. The quantitative estimate of drug-likeness (QED) is 0.479. The molecule has 0 amide bonds. The topological polar surface area (TPSA) is 98.4 Å². The molecule has 0 atom stereocenters. The number of anilines is 2. The molecule has 0 aromatic heterocycles. The van der Waals surface area contributed by atoms with Crippen LogP contribution in [-0.4, -0.2) is 24.6 Å². The van der Waals surface area contributed by atoms with Crippen LogP contribution in [-0.2, 0) is 0 Å². The maximum absolute atomic E-state index is 10.7. The molecule has 0 spiro atoms. The van der Waals surface area contributed by atoms with Crippen LogP contribution in [0.15, 0.2) is 18.2 Å². The first-order valence-electron chi connectivity index (χ1n) is 6.10. The van der Waals surface area contributed by atoms with E-state index in [-0.39, 0.29) is 11.4 Å². The summed E-state index contributed by atoms with van der Waals surface area (Å²) in [4.78, 5) is 12.4. The fourth-order valence-electron chi connectivity index (χ4n) is 2.33. The van der Waals surface area contributed by atoms with Crippen molar-refractivity contribution in [1.29, 1.82) is 0 Å². The maximum Gasteiger partial charge on any atom is 0.292 e. The third-order valence-corrected chi connectivity index (χ3v) is 3.52. The van der Waals surface area contributed by atoms with Crippen molar-refractivity contribution in [2.75, 3.05) is 30.3 Å². The highest BCUT2D eigenvalue weighted by Gasteiger charge is 2.20. The van der Waals surface area contributed by atoms with Gasteiger partial charge in [0.1, 0.15) is 5.69 Å². The second-order valence-electron chi connectivity index (χ2n) is 4.67. The molecule has 1 aromatic carbocycles. The van der Waals surface area contributed by atoms with Gasteiger partial charge in [-0.1, -0.05) is 0 Å². The lowest BCUT2D eigenvalue weighted by atomic mass is 9.97. The van der Waals surface area contributed by atoms with Gasteiger partial charge in [-0.3, -0.25) is 10.1 Å². The second kappa shape index (κ2) is 5.22. The fraction of sp³-hybridized carbons (Fsp3) is 0.500. The van der Waals surface area contributed by atoms with Crippen LogP contribution in [0, 0.1) is 16.0 Å². The van der Waals surface area contributed by atoms with E-state index in [1.165, 1.54) is 6.07 Å². The summed E-state index contributed by atoms with van der Waals surface area (Å²) in [6, 6.07) is 4.91. The van der Waals surface area contributed by atoms with Gasteiger partial charge >= 0.3 is 0 Å². The predicted molar refractivity (Wildman–Crippen MR) is 71.5 cm³/mol. The monoisotopic (exact) mass is 250 g/mol. The van der Waals surface area contributed by atoms with Crippen molar-refractivity contribution < 1.29 is 4.92 Å². The highest BCUT2D eigenvalue weighted by molar-refractivity contribution is 5.66. The van der Waals surface area contributed by atoms with Gasteiger partial charge in [0.2, 0.25) is 0 Å². The molecular formula is C12H18N4O2. The Labute approximate surface area is 106 Å². The molecular weight excluding hydrogens is 232 g/mol. The molecule has 0 radical (unpaired) electrons. The summed E-state index contributed by atoms with van der Waals surface area (Å²) < 4.78 is 0. The van der Waals surface area contributed by atoms with Crippen LogP contribution in [0.25, 0.3) is 0 Å². The zero-order valence-corrected chi connectivity index (χ0v) is 10.2. The number of rotatable bonds is 3. The molecule has 1 fully saturated rings. The van der Waals surface area contributed by atoms with E-state index in [1.54, 1.807) is 12.1 Å². The summed E-state index contributed by atoms with van der Waals surface area (Å²) >= 11 is 0. The third kappa shape index (κ3) is 2.53. The van der Waals surface area contributed by atoms with Gasteiger partial charge in [0, 0.05) is 24.8 Å². The Bertz CT molecular complexity index is 442. The van der Waals surface area contributed by atoms with E-state index in [2.05, 4.69) is 4.90 Å². The van der Waals surface area contributed by atoms with E-state index in [1.807, 2.05) is 0 Å². The Morgan fingerprint density at radius 1 is 1.39 bits per heavy atom. The average Bonchev–Trinajstić information content (AvgIpc) is 2.38. The van der Waals surface area contributed by atoms with Crippen molar-refractivity contribution in [2.24, 2.45) is 11.7 Å². The molecule has 1 aliphatic rings. The van der Waals surface area contributed by atoms with Crippen LogP contribution in [0.4, 0.5) is 17.1 Å². The number of nitro groups is 1. The summed E-state index contributed by atoms with van der Waals surface area (Å²) in [6.07, 6.45) is 2.13. The highest BCUT2D eigenvalue weighted by Crippen LogP contribution is 2.29. The minimum atomic E-state index is -0.459. The molecule has 6 nitrogen and oxygen atoms in total. The Morgan fingerprint density at radius 2 is 2.06 bits per heavy atom. The molecule has 0 saturated carbocycles. The van der Waals surface area contributed by atoms with Crippen molar-refractivity contribution >= 4 is 17.1 Å². The number of nitrogen functional groups attached to an aromatic ring is 1. The second-order valence-corrected chi connectivity index (χ2v) is 4.67. The normalized spacial score (nSPS) is 16.8. The van der Waals surface area contributed by atoms with Gasteiger partial charge < -0.3 is 16.4 Å². The van der Waals surface area contributed by atoms with E-state index in [4.69, 9.17) is 11.5 Å². The Morgan fingerprint density at radius 3 is 2.56 bits per heavy atom. The van der Waals surface area contributed by atoms with Crippen LogP contribution < -0.4 is 16.4 Å². The molecule has 1 aromatic rings. The van der Waals surface area contributed by atoms with E-state index in [0.29, 0.717) is 5.92 Å². The van der Waals surface area contributed by atoms with Gasteiger partial charge in [-0.15, -0.1) is 0 Å². The summed E-state index contributed by atoms with van der Waals surface area (Å²) in [5, 5.41) is 10.7. The van der Waals surface area contributed by atoms with Crippen molar-refractivity contribution in [3.8, 4) is 0 Å². The van der Waals surface area contributed by atoms with E-state index in [9.17, 15) is 10.1 Å². The smallest absolute Gasteiger partial charge is 0.292 e. The van der Waals surface area contributed by atoms with Gasteiger partial charge in [0.05, 0.1) is 4.92 Å². The number of nitrogens with zero attached hydrogens (tertiary/aromatic N) is 2. The van der Waals surface area contributed by atoms with Gasteiger partial charge in [-0.25, -0.2) is 0 Å². The van der Waals surface area contributed by atoms with Crippen molar-refractivity contribution in [3.05, 3.63) is 28.3 Å². The van der Waals surface area contributed by atoms with Gasteiger partial charge in [-0.2, -0.15) is 0 Å². The lowest BCUT2D eigenvalue weighted by Gasteiger charge is -2.33. The lowest BCUT2D eigenvalue weighted by molar-refractivity contribution is -0.383. The van der Waals surface area contributed by atoms with E-state index in [0.717, 1.165) is 38.2 Å². The Hall–Kier alpha value is -1.82. The van der Waals surface area contributed by atoms with Crippen LogP contribution >= 0.6 is 0 Å². The number of nitro benzene ring substituents is 1. The molecule has 2 rings (SSSR count). The average molecular weight is 250 g/mol. The van der Waals surface area contributed by atoms with Crippen molar-refractivity contribution in [1.82, 2.24) is 0 Å². The zero-order valence-electron chi connectivity index (χ0n) is 10.2. The number of hydrogen-bond acceptors (Lipinski definition) is 5. The van der Waals surface area contributed by atoms with Gasteiger partial charge in [-0.05, 0) is 37.4 Å². The summed E-state index contributed by atoms with van der Waals surface area (Å²) in [5.41, 5.74) is 12.5. The zero-order chi connectivity index (χ0) is 13.1. The first-order valence-corrected chi connectivity index (χ1v) is 6.10. The van der Waals surface area contributed by atoms with Crippen molar-refractivity contribution in [3.63, 3.8) is 0 Å². The minimum absolute atomic E-state index is 0.0319. The first-order chi connectivity index (χ1) is 8.61. The van der Waals surface area contributed by atoms with E-state index < -0.39 is 4.92 Å². The van der Waals surface area contributed by atoms with Crippen LogP contribution in [0.1, 0.15) is 12.8 Å². The largest absolute Gasteiger partial charge is 0.393 e. The van der Waals surface area contributed by atoms with Crippen molar-refractivity contribution in [2.45, 2.75) is 12.8 Å². The Kier molecular flexibility index (Phi) is 3.66. The fourth-order valence-corrected chi connectivity index (χ4v) is 2.33. The SMILES string of the molecule is NCC1CCN(c2ccc([N+](=O)[O-])c(N)c2)CC1.